The smallest absolute Gasteiger partial charge is 0.255 e. The lowest BCUT2D eigenvalue weighted by Gasteiger charge is -2.29. The van der Waals surface area contributed by atoms with Crippen molar-refractivity contribution in [2.45, 2.75) is 45.2 Å². The van der Waals surface area contributed by atoms with Gasteiger partial charge in [0.15, 0.2) is 0 Å². The second kappa shape index (κ2) is 7.40. The van der Waals surface area contributed by atoms with E-state index < -0.39 is 11.9 Å². The number of aryl methyl sites for hydroxylation is 1. The summed E-state index contributed by atoms with van der Waals surface area (Å²) in [5, 5.41) is 15.3. The number of nitrogens with zero attached hydrogens (tertiary/aromatic N) is 6. The molecule has 0 spiro atoms. The van der Waals surface area contributed by atoms with E-state index in [-0.39, 0.29) is 24.2 Å². The van der Waals surface area contributed by atoms with Crippen LogP contribution in [0.1, 0.15) is 54.2 Å². The minimum absolute atomic E-state index is 0.197. The molecule has 1 fully saturated rings. The van der Waals surface area contributed by atoms with Crippen LogP contribution in [0.2, 0.25) is 0 Å². The minimum atomic E-state index is -0.631. The van der Waals surface area contributed by atoms with Crippen LogP contribution < -0.4 is 5.32 Å². The molecule has 1 aromatic carbocycles. The summed E-state index contributed by atoms with van der Waals surface area (Å²) in [6.07, 6.45) is 4.21. The maximum Gasteiger partial charge on any atom is 0.255 e. The number of rotatable bonds is 4. The summed E-state index contributed by atoms with van der Waals surface area (Å²) < 4.78 is 3.52. The van der Waals surface area contributed by atoms with Crippen molar-refractivity contribution >= 4 is 17.7 Å². The number of benzene rings is 1. The Bertz CT molecular complexity index is 1260. The summed E-state index contributed by atoms with van der Waals surface area (Å²) in [5.41, 5.74) is 4.90. The SMILES string of the molecule is CC(C)c1c(-c2cn(-c3ccc4c(c3)CN(C3CCC(=O)NC3=O)C4=O)nn2)cnn1C. The van der Waals surface area contributed by atoms with Gasteiger partial charge >= 0.3 is 0 Å². The zero-order valence-corrected chi connectivity index (χ0v) is 18.1. The molecule has 10 heteroatoms. The quantitative estimate of drug-likeness (QED) is 0.625. The number of hydrogen-bond acceptors (Lipinski definition) is 6. The van der Waals surface area contributed by atoms with E-state index in [1.807, 2.05) is 30.1 Å². The fourth-order valence-electron chi connectivity index (χ4n) is 4.55. The van der Waals surface area contributed by atoms with Gasteiger partial charge in [-0.3, -0.25) is 24.4 Å². The predicted molar refractivity (Wildman–Crippen MR) is 114 cm³/mol. The molecule has 0 saturated carbocycles. The van der Waals surface area contributed by atoms with Crippen LogP contribution in [0.25, 0.3) is 16.9 Å². The summed E-state index contributed by atoms with van der Waals surface area (Å²) in [7, 11) is 1.91. The molecule has 5 rings (SSSR count). The molecule has 2 aromatic heterocycles. The molecule has 164 valence electrons. The molecule has 1 N–H and O–H groups in total. The van der Waals surface area contributed by atoms with Gasteiger partial charge in [-0.15, -0.1) is 5.10 Å². The molecule has 4 heterocycles. The van der Waals surface area contributed by atoms with E-state index in [2.05, 4.69) is 34.6 Å². The molecule has 32 heavy (non-hydrogen) atoms. The second-order valence-corrected chi connectivity index (χ2v) is 8.51. The topological polar surface area (TPSA) is 115 Å². The fraction of sp³-hybridized carbons (Fsp3) is 0.364. The zero-order valence-electron chi connectivity index (χ0n) is 18.1. The summed E-state index contributed by atoms with van der Waals surface area (Å²) in [4.78, 5) is 38.1. The Balaban J connectivity index is 1.42. The zero-order chi connectivity index (χ0) is 22.6. The van der Waals surface area contributed by atoms with Gasteiger partial charge in [-0.2, -0.15) is 5.10 Å². The Morgan fingerprint density at radius 2 is 1.97 bits per heavy atom. The van der Waals surface area contributed by atoms with Gasteiger partial charge in [0.05, 0.1) is 23.8 Å². The van der Waals surface area contributed by atoms with Gasteiger partial charge in [0.25, 0.3) is 5.91 Å². The normalized spacial score (nSPS) is 18.4. The van der Waals surface area contributed by atoms with Crippen molar-refractivity contribution in [2.75, 3.05) is 0 Å². The molecule has 10 nitrogen and oxygen atoms in total. The van der Waals surface area contributed by atoms with Crippen molar-refractivity contribution in [2.24, 2.45) is 7.05 Å². The molecule has 1 saturated heterocycles. The van der Waals surface area contributed by atoms with E-state index in [9.17, 15) is 14.4 Å². The maximum atomic E-state index is 12.9. The van der Waals surface area contributed by atoms with Gasteiger partial charge < -0.3 is 4.90 Å². The summed E-state index contributed by atoms with van der Waals surface area (Å²) in [6, 6.07) is 4.83. The van der Waals surface area contributed by atoms with Crippen LogP contribution in [-0.4, -0.2) is 53.4 Å². The number of fused-ring (bicyclic) bond motifs is 1. The summed E-state index contributed by atoms with van der Waals surface area (Å²) >= 11 is 0. The maximum absolute atomic E-state index is 12.9. The first-order valence-electron chi connectivity index (χ1n) is 10.6. The van der Waals surface area contributed by atoms with E-state index in [4.69, 9.17) is 0 Å². The number of hydrogen-bond donors (Lipinski definition) is 1. The highest BCUT2D eigenvalue weighted by Gasteiger charge is 2.39. The molecular weight excluding hydrogens is 410 g/mol. The van der Waals surface area contributed by atoms with Gasteiger partial charge in [0.1, 0.15) is 11.7 Å². The largest absolute Gasteiger partial charge is 0.322 e. The van der Waals surface area contributed by atoms with Crippen LogP contribution in [0.3, 0.4) is 0 Å². The lowest BCUT2D eigenvalue weighted by atomic mass is 10.0. The number of imide groups is 1. The van der Waals surface area contributed by atoms with E-state index in [1.165, 1.54) is 4.90 Å². The predicted octanol–water partition coefficient (Wildman–Crippen LogP) is 1.55. The number of nitrogens with one attached hydrogen (secondary N) is 1. The second-order valence-electron chi connectivity index (χ2n) is 8.51. The van der Waals surface area contributed by atoms with Gasteiger partial charge in [-0.25, -0.2) is 4.68 Å². The first-order valence-corrected chi connectivity index (χ1v) is 10.6. The average molecular weight is 433 g/mol. The summed E-state index contributed by atoms with van der Waals surface area (Å²) in [5.74, 6) is -0.626. The lowest BCUT2D eigenvalue weighted by molar-refractivity contribution is -0.136. The number of carbonyl (C=O) groups is 3. The third-order valence-electron chi connectivity index (χ3n) is 6.07. The Morgan fingerprint density at radius 1 is 1.16 bits per heavy atom. The lowest BCUT2D eigenvalue weighted by Crippen LogP contribution is -2.52. The van der Waals surface area contributed by atoms with Crippen LogP contribution in [0.15, 0.2) is 30.6 Å². The number of amides is 3. The molecule has 3 aromatic rings. The van der Waals surface area contributed by atoms with Crippen molar-refractivity contribution in [3.8, 4) is 16.9 Å². The van der Waals surface area contributed by atoms with E-state index in [1.54, 1.807) is 16.9 Å². The highest BCUT2D eigenvalue weighted by atomic mass is 16.2. The molecule has 0 aliphatic carbocycles. The number of carbonyl (C=O) groups excluding carboxylic acids is 3. The van der Waals surface area contributed by atoms with E-state index >= 15 is 0 Å². The Labute approximate surface area is 184 Å². The first kappa shape index (κ1) is 20.1. The van der Waals surface area contributed by atoms with Crippen molar-refractivity contribution in [1.29, 1.82) is 0 Å². The highest BCUT2D eigenvalue weighted by Crippen LogP contribution is 2.30. The summed E-state index contributed by atoms with van der Waals surface area (Å²) in [6.45, 7) is 4.53. The van der Waals surface area contributed by atoms with E-state index in [0.29, 0.717) is 18.5 Å². The van der Waals surface area contributed by atoms with Crippen LogP contribution in [0.4, 0.5) is 0 Å². The molecular formula is C22H23N7O3. The van der Waals surface area contributed by atoms with Crippen LogP contribution >= 0.6 is 0 Å². The highest BCUT2D eigenvalue weighted by molar-refractivity contribution is 6.05. The number of piperidine rings is 1. The third-order valence-corrected chi connectivity index (χ3v) is 6.07. The Hall–Kier alpha value is -3.82. The molecule has 1 atom stereocenters. The van der Waals surface area contributed by atoms with Crippen LogP contribution in [0, 0.1) is 0 Å². The Morgan fingerprint density at radius 3 is 2.72 bits per heavy atom. The molecule has 1 unspecified atom stereocenters. The minimum Gasteiger partial charge on any atom is -0.322 e. The molecule has 0 bridgehead atoms. The van der Waals surface area contributed by atoms with Gasteiger partial charge in [0, 0.05) is 31.1 Å². The third kappa shape index (κ3) is 3.19. The van der Waals surface area contributed by atoms with Gasteiger partial charge in [0.2, 0.25) is 11.8 Å². The Kier molecular flexibility index (Phi) is 4.65. The van der Waals surface area contributed by atoms with Gasteiger partial charge in [-0.05, 0) is 36.1 Å². The van der Waals surface area contributed by atoms with Crippen molar-refractivity contribution in [3.05, 3.63) is 47.4 Å². The monoisotopic (exact) mass is 433 g/mol. The van der Waals surface area contributed by atoms with Crippen molar-refractivity contribution < 1.29 is 14.4 Å². The van der Waals surface area contributed by atoms with Crippen LogP contribution in [0.5, 0.6) is 0 Å². The van der Waals surface area contributed by atoms with Crippen molar-refractivity contribution in [1.82, 2.24) is 35.0 Å². The molecule has 2 aliphatic rings. The van der Waals surface area contributed by atoms with Crippen molar-refractivity contribution in [3.63, 3.8) is 0 Å². The van der Waals surface area contributed by atoms with Crippen LogP contribution in [-0.2, 0) is 23.2 Å². The molecule has 0 radical (unpaired) electrons. The molecule has 3 amide bonds. The fourth-order valence-corrected chi connectivity index (χ4v) is 4.55. The van der Waals surface area contributed by atoms with Gasteiger partial charge in [-0.1, -0.05) is 19.1 Å². The first-order chi connectivity index (χ1) is 15.3. The average Bonchev–Trinajstić information content (AvgIpc) is 3.45. The van der Waals surface area contributed by atoms with E-state index in [0.717, 1.165) is 28.2 Å². The standard InChI is InChI=1S/C22H23N7O3/c1-12(2)20-16(9-23-27(20)3)17-11-29(26-25-17)14-4-5-15-13(8-14)10-28(22(15)32)18-6-7-19(30)24-21(18)31/h4-5,8-9,11-12,18H,6-7,10H2,1-3H3,(H,24,30,31). The number of aromatic nitrogens is 5. The molecule has 2 aliphatic heterocycles.